The van der Waals surface area contributed by atoms with Crippen LogP contribution < -0.4 is 5.32 Å². The number of carbonyl (C=O) groups excluding carboxylic acids is 2. The molecule has 4 nitrogen and oxygen atoms in total. The second-order valence-electron chi connectivity index (χ2n) is 6.53. The number of hydrogen-bond donors (Lipinski definition) is 1. The molecule has 1 N–H and O–H groups in total. The van der Waals surface area contributed by atoms with E-state index in [9.17, 15) is 9.59 Å². The highest BCUT2D eigenvalue weighted by Crippen LogP contribution is 2.36. The summed E-state index contributed by atoms with van der Waals surface area (Å²) < 4.78 is 0. The molecule has 2 saturated carbocycles. The SMILES string of the molecule is CC1CCCCCC1N1CC(=O)NC(C2CC2)C1=O. The summed E-state index contributed by atoms with van der Waals surface area (Å²) >= 11 is 0. The van der Waals surface area contributed by atoms with Gasteiger partial charge in [-0.1, -0.05) is 26.2 Å². The van der Waals surface area contributed by atoms with Gasteiger partial charge in [0.25, 0.3) is 0 Å². The Morgan fingerprint density at radius 3 is 2.53 bits per heavy atom. The van der Waals surface area contributed by atoms with Crippen molar-refractivity contribution in [2.75, 3.05) is 6.54 Å². The molecule has 3 rings (SSSR count). The van der Waals surface area contributed by atoms with Crippen LogP contribution >= 0.6 is 0 Å². The number of nitrogens with one attached hydrogen (secondary N) is 1. The summed E-state index contributed by atoms with van der Waals surface area (Å²) in [5.41, 5.74) is 0. The van der Waals surface area contributed by atoms with Crippen molar-refractivity contribution in [3.63, 3.8) is 0 Å². The van der Waals surface area contributed by atoms with Gasteiger partial charge in [0.2, 0.25) is 11.8 Å². The molecule has 2 aliphatic carbocycles. The molecule has 106 valence electrons. The largest absolute Gasteiger partial charge is 0.342 e. The number of carbonyl (C=O) groups is 2. The fraction of sp³-hybridized carbons (Fsp3) is 0.867. The van der Waals surface area contributed by atoms with E-state index >= 15 is 0 Å². The molecule has 1 aliphatic heterocycles. The Balaban J connectivity index is 1.76. The Morgan fingerprint density at radius 1 is 1.05 bits per heavy atom. The van der Waals surface area contributed by atoms with Crippen LogP contribution in [0, 0.1) is 11.8 Å². The quantitative estimate of drug-likeness (QED) is 0.772. The van der Waals surface area contributed by atoms with Crippen molar-refractivity contribution in [1.29, 1.82) is 0 Å². The highest BCUT2D eigenvalue weighted by molar-refractivity contribution is 5.95. The fourth-order valence-corrected chi connectivity index (χ4v) is 3.66. The van der Waals surface area contributed by atoms with Gasteiger partial charge in [-0.3, -0.25) is 9.59 Å². The van der Waals surface area contributed by atoms with Gasteiger partial charge in [-0.2, -0.15) is 0 Å². The van der Waals surface area contributed by atoms with Gasteiger partial charge >= 0.3 is 0 Å². The Morgan fingerprint density at radius 2 is 1.79 bits per heavy atom. The molecule has 4 heteroatoms. The van der Waals surface area contributed by atoms with E-state index in [1.54, 1.807) is 0 Å². The molecule has 2 amide bonds. The summed E-state index contributed by atoms with van der Waals surface area (Å²) in [7, 11) is 0. The van der Waals surface area contributed by atoms with Crippen LogP contribution in [0.3, 0.4) is 0 Å². The predicted octanol–water partition coefficient (Wildman–Crippen LogP) is 1.69. The maximum atomic E-state index is 12.6. The number of hydrogen-bond acceptors (Lipinski definition) is 2. The molecule has 0 radical (unpaired) electrons. The van der Waals surface area contributed by atoms with E-state index in [1.165, 1.54) is 25.7 Å². The highest BCUT2D eigenvalue weighted by Gasteiger charge is 2.45. The maximum absolute atomic E-state index is 12.6. The van der Waals surface area contributed by atoms with Crippen LogP contribution in [-0.2, 0) is 9.59 Å². The third-order valence-corrected chi connectivity index (χ3v) is 4.99. The van der Waals surface area contributed by atoms with Gasteiger partial charge in [-0.05, 0) is 37.5 Å². The Hall–Kier alpha value is -1.06. The van der Waals surface area contributed by atoms with E-state index in [1.807, 2.05) is 4.90 Å². The topological polar surface area (TPSA) is 49.4 Å². The van der Waals surface area contributed by atoms with Crippen molar-refractivity contribution in [3.05, 3.63) is 0 Å². The van der Waals surface area contributed by atoms with E-state index in [0.717, 1.165) is 19.3 Å². The summed E-state index contributed by atoms with van der Waals surface area (Å²) in [4.78, 5) is 26.4. The number of nitrogens with zero attached hydrogens (tertiary/aromatic N) is 1. The minimum absolute atomic E-state index is 0.0351. The molecule has 0 aromatic heterocycles. The molecule has 3 aliphatic rings. The van der Waals surface area contributed by atoms with Gasteiger partial charge < -0.3 is 10.2 Å². The van der Waals surface area contributed by atoms with Gasteiger partial charge in [0.05, 0.1) is 6.54 Å². The molecular weight excluding hydrogens is 240 g/mol. The lowest BCUT2D eigenvalue weighted by atomic mass is 9.93. The Bertz CT molecular complexity index is 378. The molecule has 3 fully saturated rings. The molecule has 19 heavy (non-hydrogen) atoms. The fourth-order valence-electron chi connectivity index (χ4n) is 3.66. The molecule has 0 aromatic rings. The van der Waals surface area contributed by atoms with Crippen LogP contribution in [0.4, 0.5) is 0 Å². The second-order valence-corrected chi connectivity index (χ2v) is 6.53. The second kappa shape index (κ2) is 5.14. The maximum Gasteiger partial charge on any atom is 0.246 e. The molecule has 0 aromatic carbocycles. The van der Waals surface area contributed by atoms with Gasteiger partial charge in [0.1, 0.15) is 6.04 Å². The zero-order chi connectivity index (χ0) is 13.4. The van der Waals surface area contributed by atoms with Crippen LogP contribution in [0.2, 0.25) is 0 Å². The van der Waals surface area contributed by atoms with Gasteiger partial charge in [0.15, 0.2) is 0 Å². The number of rotatable bonds is 2. The van der Waals surface area contributed by atoms with Crippen LogP contribution in [0.15, 0.2) is 0 Å². The molecular formula is C15H24N2O2. The zero-order valence-corrected chi connectivity index (χ0v) is 11.7. The first-order valence-electron chi connectivity index (χ1n) is 7.76. The number of piperazine rings is 1. The van der Waals surface area contributed by atoms with E-state index in [4.69, 9.17) is 0 Å². The normalized spacial score (nSPS) is 36.9. The lowest BCUT2D eigenvalue weighted by molar-refractivity contribution is -0.148. The smallest absolute Gasteiger partial charge is 0.246 e. The summed E-state index contributed by atoms with van der Waals surface area (Å²) in [5.74, 6) is 1.14. The predicted molar refractivity (Wildman–Crippen MR) is 72.4 cm³/mol. The molecule has 3 unspecified atom stereocenters. The minimum Gasteiger partial charge on any atom is -0.342 e. The first-order valence-corrected chi connectivity index (χ1v) is 7.76. The molecule has 1 saturated heterocycles. The Labute approximate surface area is 114 Å². The van der Waals surface area contributed by atoms with Gasteiger partial charge in [-0.25, -0.2) is 0 Å². The van der Waals surface area contributed by atoms with Crippen molar-refractivity contribution in [1.82, 2.24) is 10.2 Å². The highest BCUT2D eigenvalue weighted by atomic mass is 16.2. The third-order valence-electron chi connectivity index (χ3n) is 4.99. The standard InChI is InChI=1S/C15H24N2O2/c1-10-5-3-2-4-6-12(10)17-9-13(18)16-14(15(17)19)11-7-8-11/h10-12,14H,2-9H2,1H3,(H,16,18). The van der Waals surface area contributed by atoms with Gasteiger partial charge in [0, 0.05) is 6.04 Å². The molecule has 3 atom stereocenters. The zero-order valence-electron chi connectivity index (χ0n) is 11.7. The monoisotopic (exact) mass is 264 g/mol. The van der Waals surface area contributed by atoms with E-state index in [0.29, 0.717) is 11.8 Å². The summed E-state index contributed by atoms with van der Waals surface area (Å²) in [6, 6.07) is 0.0546. The molecule has 0 spiro atoms. The summed E-state index contributed by atoms with van der Waals surface area (Å²) in [5, 5.41) is 2.90. The van der Waals surface area contributed by atoms with E-state index < -0.39 is 0 Å². The van der Waals surface area contributed by atoms with Crippen molar-refractivity contribution >= 4 is 11.8 Å². The Kier molecular flexibility index (Phi) is 3.50. The van der Waals surface area contributed by atoms with Gasteiger partial charge in [-0.15, -0.1) is 0 Å². The first kappa shape index (κ1) is 12.9. The van der Waals surface area contributed by atoms with Crippen LogP contribution in [0.25, 0.3) is 0 Å². The van der Waals surface area contributed by atoms with E-state index in [-0.39, 0.29) is 30.4 Å². The lowest BCUT2D eigenvalue weighted by Gasteiger charge is -2.40. The van der Waals surface area contributed by atoms with Crippen LogP contribution in [0.5, 0.6) is 0 Å². The minimum atomic E-state index is -0.225. The third kappa shape index (κ3) is 2.63. The lowest BCUT2D eigenvalue weighted by Crippen LogP contribution is -2.62. The van der Waals surface area contributed by atoms with Crippen molar-refractivity contribution in [3.8, 4) is 0 Å². The summed E-state index contributed by atoms with van der Waals surface area (Å²) in [6.45, 7) is 2.51. The van der Waals surface area contributed by atoms with E-state index in [2.05, 4.69) is 12.2 Å². The average molecular weight is 264 g/mol. The average Bonchev–Trinajstić information content (AvgIpc) is 3.20. The summed E-state index contributed by atoms with van der Waals surface area (Å²) in [6.07, 6.45) is 8.14. The first-order chi connectivity index (χ1) is 9.16. The molecule has 1 heterocycles. The number of amides is 2. The van der Waals surface area contributed by atoms with Crippen LogP contribution in [0.1, 0.15) is 51.9 Å². The molecule has 0 bridgehead atoms. The van der Waals surface area contributed by atoms with Crippen molar-refractivity contribution in [2.24, 2.45) is 11.8 Å². The van der Waals surface area contributed by atoms with Crippen LogP contribution in [-0.4, -0.2) is 35.3 Å². The van der Waals surface area contributed by atoms with Crippen molar-refractivity contribution in [2.45, 2.75) is 64.0 Å². The van der Waals surface area contributed by atoms with Crippen molar-refractivity contribution < 1.29 is 9.59 Å².